The van der Waals surface area contributed by atoms with Crippen molar-refractivity contribution in [3.63, 3.8) is 0 Å². The molecule has 0 radical (unpaired) electrons. The van der Waals surface area contributed by atoms with Gasteiger partial charge in [-0.25, -0.2) is 0 Å². The Kier molecular flexibility index (Phi) is 4.54. The zero-order chi connectivity index (χ0) is 12.1. The summed E-state index contributed by atoms with van der Waals surface area (Å²) in [6.07, 6.45) is 2.20. The van der Waals surface area contributed by atoms with E-state index in [1.54, 1.807) is 0 Å². The van der Waals surface area contributed by atoms with Crippen molar-refractivity contribution in [1.29, 1.82) is 0 Å². The summed E-state index contributed by atoms with van der Waals surface area (Å²) >= 11 is 0. The molecule has 3 nitrogen and oxygen atoms in total. The molecular formula is C14H21NO2. The number of likely N-dealkylation sites (tertiary alicyclic amines) is 1. The first kappa shape index (κ1) is 12.6. The Morgan fingerprint density at radius 1 is 1.24 bits per heavy atom. The highest BCUT2D eigenvalue weighted by atomic mass is 16.5. The molecule has 0 aromatic heterocycles. The van der Waals surface area contributed by atoms with E-state index in [0.717, 1.165) is 19.4 Å². The maximum atomic E-state index is 9.18. The predicted octanol–water partition coefficient (Wildman–Crippen LogP) is 1.66. The number of likely N-dealkylation sites (N-methyl/N-ethyl adjacent to an activating group) is 1. The average Bonchev–Trinajstić information content (AvgIpc) is 2.72. The molecule has 3 heteroatoms. The van der Waals surface area contributed by atoms with Crippen LogP contribution in [0.25, 0.3) is 0 Å². The Morgan fingerprint density at radius 3 is 2.59 bits per heavy atom. The fraction of sp³-hybridized carbons (Fsp3) is 0.571. The number of hydrogen-bond donors (Lipinski definition) is 1. The van der Waals surface area contributed by atoms with Gasteiger partial charge in [-0.1, -0.05) is 30.3 Å². The molecule has 1 aliphatic rings. The van der Waals surface area contributed by atoms with Gasteiger partial charge in [-0.3, -0.25) is 4.90 Å². The molecule has 2 atom stereocenters. The monoisotopic (exact) mass is 235 g/mol. The number of nitrogens with zero attached hydrogens (tertiary/aromatic N) is 1. The summed E-state index contributed by atoms with van der Waals surface area (Å²) in [6.45, 7) is 1.68. The predicted molar refractivity (Wildman–Crippen MR) is 67.8 cm³/mol. The molecule has 1 aliphatic heterocycles. The van der Waals surface area contributed by atoms with Crippen LogP contribution in [0.3, 0.4) is 0 Å². The highest BCUT2D eigenvalue weighted by Crippen LogP contribution is 2.22. The molecule has 0 bridgehead atoms. The van der Waals surface area contributed by atoms with E-state index in [2.05, 4.69) is 24.1 Å². The van der Waals surface area contributed by atoms with Crippen LogP contribution in [0.1, 0.15) is 18.4 Å². The van der Waals surface area contributed by atoms with E-state index in [-0.39, 0.29) is 6.61 Å². The molecule has 1 fully saturated rings. The molecule has 0 spiro atoms. The van der Waals surface area contributed by atoms with Crippen molar-refractivity contribution in [1.82, 2.24) is 4.90 Å². The van der Waals surface area contributed by atoms with E-state index in [1.807, 2.05) is 18.2 Å². The number of aliphatic hydroxyl groups is 1. The van der Waals surface area contributed by atoms with Gasteiger partial charge in [0.1, 0.15) is 0 Å². The van der Waals surface area contributed by atoms with Crippen LogP contribution < -0.4 is 0 Å². The van der Waals surface area contributed by atoms with Crippen molar-refractivity contribution in [3.05, 3.63) is 35.9 Å². The van der Waals surface area contributed by atoms with Crippen LogP contribution in [0.4, 0.5) is 0 Å². The fourth-order valence-corrected chi connectivity index (χ4v) is 2.40. The molecule has 1 N–H and O–H groups in total. The SMILES string of the molecule is CN1[C@@H](CO)CC[C@H]1COCc1ccccc1. The molecule has 1 heterocycles. The molecular weight excluding hydrogens is 214 g/mol. The van der Waals surface area contributed by atoms with Crippen LogP contribution in [0.2, 0.25) is 0 Å². The molecule has 2 rings (SSSR count). The molecule has 0 amide bonds. The zero-order valence-corrected chi connectivity index (χ0v) is 10.4. The highest BCUT2D eigenvalue weighted by molar-refractivity contribution is 5.13. The molecule has 0 aliphatic carbocycles. The maximum absolute atomic E-state index is 9.18. The van der Waals surface area contributed by atoms with Crippen molar-refractivity contribution in [3.8, 4) is 0 Å². The summed E-state index contributed by atoms with van der Waals surface area (Å²) in [5.41, 5.74) is 1.21. The number of rotatable bonds is 5. The largest absolute Gasteiger partial charge is 0.395 e. The van der Waals surface area contributed by atoms with E-state index in [9.17, 15) is 5.11 Å². The number of benzene rings is 1. The smallest absolute Gasteiger partial charge is 0.0717 e. The highest BCUT2D eigenvalue weighted by Gasteiger charge is 2.29. The van der Waals surface area contributed by atoms with E-state index in [1.165, 1.54) is 5.56 Å². The Bertz CT molecular complexity index is 328. The van der Waals surface area contributed by atoms with E-state index >= 15 is 0 Å². The van der Waals surface area contributed by atoms with Gasteiger partial charge in [0.2, 0.25) is 0 Å². The standard InChI is InChI=1S/C14H21NO2/c1-15-13(9-16)7-8-14(15)11-17-10-12-5-3-2-4-6-12/h2-6,13-14,16H,7-11H2,1H3/t13-,14+/m1/s1. The Balaban J connectivity index is 1.73. The second kappa shape index (κ2) is 6.15. The topological polar surface area (TPSA) is 32.7 Å². The second-order valence-electron chi connectivity index (χ2n) is 4.73. The van der Waals surface area contributed by atoms with E-state index in [0.29, 0.717) is 18.7 Å². The molecule has 94 valence electrons. The Labute approximate surface area is 103 Å². The summed E-state index contributed by atoms with van der Waals surface area (Å²) in [5, 5.41) is 9.18. The number of aliphatic hydroxyl groups excluding tert-OH is 1. The lowest BCUT2D eigenvalue weighted by Crippen LogP contribution is -2.36. The van der Waals surface area contributed by atoms with Crippen molar-refractivity contribution in [2.75, 3.05) is 20.3 Å². The second-order valence-corrected chi connectivity index (χ2v) is 4.73. The first-order chi connectivity index (χ1) is 8.31. The Morgan fingerprint density at radius 2 is 1.94 bits per heavy atom. The summed E-state index contributed by atoms with van der Waals surface area (Å²) < 4.78 is 5.74. The van der Waals surface area contributed by atoms with Gasteiger partial charge >= 0.3 is 0 Å². The van der Waals surface area contributed by atoms with Gasteiger partial charge < -0.3 is 9.84 Å². The summed E-state index contributed by atoms with van der Waals surface area (Å²) in [6, 6.07) is 11.0. The quantitative estimate of drug-likeness (QED) is 0.842. The number of hydrogen-bond acceptors (Lipinski definition) is 3. The Hall–Kier alpha value is -0.900. The van der Waals surface area contributed by atoms with Gasteiger partial charge in [0, 0.05) is 12.1 Å². The van der Waals surface area contributed by atoms with Gasteiger partial charge in [0.15, 0.2) is 0 Å². The lowest BCUT2D eigenvalue weighted by Gasteiger charge is -2.24. The minimum Gasteiger partial charge on any atom is -0.395 e. The summed E-state index contributed by atoms with van der Waals surface area (Å²) in [4.78, 5) is 2.24. The van der Waals surface area contributed by atoms with Crippen molar-refractivity contribution >= 4 is 0 Å². The fourth-order valence-electron chi connectivity index (χ4n) is 2.40. The number of ether oxygens (including phenoxy) is 1. The van der Waals surface area contributed by atoms with Crippen LogP contribution in [0.15, 0.2) is 30.3 Å². The third-order valence-corrected chi connectivity index (χ3v) is 3.62. The van der Waals surface area contributed by atoms with Crippen molar-refractivity contribution in [2.24, 2.45) is 0 Å². The van der Waals surface area contributed by atoms with Crippen LogP contribution in [0, 0.1) is 0 Å². The lowest BCUT2D eigenvalue weighted by atomic mass is 10.2. The summed E-state index contributed by atoms with van der Waals surface area (Å²) in [7, 11) is 2.07. The lowest BCUT2D eigenvalue weighted by molar-refractivity contribution is 0.0580. The van der Waals surface area contributed by atoms with Gasteiger partial charge in [0.05, 0.1) is 19.8 Å². The molecule has 0 unspecified atom stereocenters. The average molecular weight is 235 g/mol. The molecule has 1 aromatic carbocycles. The molecule has 17 heavy (non-hydrogen) atoms. The minimum atomic E-state index is 0.256. The molecule has 1 aromatic rings. The van der Waals surface area contributed by atoms with Crippen LogP contribution in [-0.2, 0) is 11.3 Å². The van der Waals surface area contributed by atoms with Gasteiger partial charge in [-0.05, 0) is 25.5 Å². The first-order valence-electron chi connectivity index (χ1n) is 6.25. The third-order valence-electron chi connectivity index (χ3n) is 3.62. The molecule has 0 saturated carbocycles. The minimum absolute atomic E-state index is 0.256. The van der Waals surface area contributed by atoms with Crippen molar-refractivity contribution in [2.45, 2.75) is 31.5 Å². The van der Waals surface area contributed by atoms with Gasteiger partial charge in [-0.15, -0.1) is 0 Å². The molecule has 1 saturated heterocycles. The van der Waals surface area contributed by atoms with Gasteiger partial charge in [0.25, 0.3) is 0 Å². The summed E-state index contributed by atoms with van der Waals surface area (Å²) in [5.74, 6) is 0. The van der Waals surface area contributed by atoms with Crippen LogP contribution >= 0.6 is 0 Å². The van der Waals surface area contributed by atoms with Crippen molar-refractivity contribution < 1.29 is 9.84 Å². The van der Waals surface area contributed by atoms with Crippen LogP contribution in [0.5, 0.6) is 0 Å². The van der Waals surface area contributed by atoms with E-state index in [4.69, 9.17) is 4.74 Å². The normalized spacial score (nSPS) is 25.3. The van der Waals surface area contributed by atoms with E-state index < -0.39 is 0 Å². The third kappa shape index (κ3) is 3.28. The maximum Gasteiger partial charge on any atom is 0.0717 e. The zero-order valence-electron chi connectivity index (χ0n) is 10.4. The van der Waals surface area contributed by atoms with Crippen LogP contribution in [-0.4, -0.2) is 42.4 Å². The van der Waals surface area contributed by atoms with Gasteiger partial charge in [-0.2, -0.15) is 0 Å². The first-order valence-corrected chi connectivity index (χ1v) is 6.25.